The Morgan fingerprint density at radius 3 is 2.41 bits per heavy atom. The molecule has 1 aromatic heterocycles. The SMILES string of the molecule is COc1cc(CN2CCN(Cc3ccc(C)s3)C[C@@H]2CCO)cc(OC)c1. The van der Waals surface area contributed by atoms with Crippen LogP contribution in [-0.4, -0.2) is 61.4 Å². The lowest BCUT2D eigenvalue weighted by Gasteiger charge is -2.41. The second kappa shape index (κ2) is 9.55. The van der Waals surface area contributed by atoms with Crippen LogP contribution in [0.5, 0.6) is 11.5 Å². The number of benzene rings is 1. The van der Waals surface area contributed by atoms with E-state index >= 15 is 0 Å². The lowest BCUT2D eigenvalue weighted by molar-refractivity contribution is 0.0504. The number of aryl methyl sites for hydroxylation is 1. The van der Waals surface area contributed by atoms with Gasteiger partial charge in [-0.2, -0.15) is 0 Å². The Balaban J connectivity index is 1.67. The van der Waals surface area contributed by atoms with Crippen molar-refractivity contribution >= 4 is 11.3 Å². The second-order valence-electron chi connectivity index (χ2n) is 7.10. The number of aliphatic hydroxyl groups is 1. The van der Waals surface area contributed by atoms with Crippen molar-refractivity contribution in [2.75, 3.05) is 40.5 Å². The number of methoxy groups -OCH3 is 2. The zero-order valence-electron chi connectivity index (χ0n) is 16.5. The number of aliphatic hydroxyl groups excluding tert-OH is 1. The number of hydrogen-bond acceptors (Lipinski definition) is 6. The topological polar surface area (TPSA) is 45.2 Å². The highest BCUT2D eigenvalue weighted by atomic mass is 32.1. The maximum absolute atomic E-state index is 9.56. The first kappa shape index (κ1) is 20.1. The Morgan fingerprint density at radius 1 is 1.07 bits per heavy atom. The first-order chi connectivity index (χ1) is 13.1. The van der Waals surface area contributed by atoms with Gasteiger partial charge in [0.1, 0.15) is 11.5 Å². The largest absolute Gasteiger partial charge is 0.497 e. The molecule has 1 N–H and O–H groups in total. The first-order valence-corrected chi connectivity index (χ1v) is 10.3. The molecule has 1 aliphatic rings. The Kier molecular flexibility index (Phi) is 7.13. The summed E-state index contributed by atoms with van der Waals surface area (Å²) in [7, 11) is 3.36. The summed E-state index contributed by atoms with van der Waals surface area (Å²) in [5.41, 5.74) is 1.18. The van der Waals surface area contributed by atoms with Crippen LogP contribution in [0.3, 0.4) is 0 Å². The van der Waals surface area contributed by atoms with Crippen molar-refractivity contribution in [2.45, 2.75) is 32.5 Å². The molecule has 0 spiro atoms. The van der Waals surface area contributed by atoms with E-state index in [9.17, 15) is 5.11 Å². The molecule has 0 radical (unpaired) electrons. The van der Waals surface area contributed by atoms with E-state index in [1.165, 1.54) is 15.3 Å². The van der Waals surface area contributed by atoms with Gasteiger partial charge in [-0.3, -0.25) is 9.80 Å². The molecule has 0 bridgehead atoms. The highest BCUT2D eigenvalue weighted by molar-refractivity contribution is 7.11. The summed E-state index contributed by atoms with van der Waals surface area (Å²) in [5.74, 6) is 1.63. The summed E-state index contributed by atoms with van der Waals surface area (Å²) in [5, 5.41) is 9.56. The number of thiophene rings is 1. The third-order valence-electron chi connectivity index (χ3n) is 5.12. The van der Waals surface area contributed by atoms with E-state index in [1.807, 2.05) is 17.4 Å². The Bertz CT molecular complexity index is 712. The first-order valence-electron chi connectivity index (χ1n) is 9.45. The molecule has 0 unspecified atom stereocenters. The van der Waals surface area contributed by atoms with Gasteiger partial charge >= 0.3 is 0 Å². The molecule has 3 rings (SSSR count). The molecule has 1 saturated heterocycles. The van der Waals surface area contributed by atoms with E-state index in [2.05, 4.69) is 41.0 Å². The molecule has 6 heteroatoms. The van der Waals surface area contributed by atoms with Crippen LogP contribution in [0.1, 0.15) is 21.7 Å². The molecule has 1 fully saturated rings. The highest BCUT2D eigenvalue weighted by Gasteiger charge is 2.27. The van der Waals surface area contributed by atoms with Crippen molar-refractivity contribution in [1.82, 2.24) is 9.80 Å². The minimum atomic E-state index is 0.217. The maximum atomic E-state index is 9.56. The van der Waals surface area contributed by atoms with Crippen molar-refractivity contribution in [3.8, 4) is 11.5 Å². The van der Waals surface area contributed by atoms with Gasteiger partial charge in [0, 0.05) is 61.2 Å². The number of rotatable bonds is 8. The van der Waals surface area contributed by atoms with Gasteiger partial charge in [-0.15, -0.1) is 11.3 Å². The standard InChI is InChI=1S/C21H30N2O3S/c1-16-4-5-21(27-16)15-22-7-8-23(18(14-22)6-9-24)13-17-10-19(25-2)12-20(11-17)26-3/h4-5,10-12,18,24H,6-9,13-15H2,1-3H3/t18-/m0/s1. The van der Waals surface area contributed by atoms with Gasteiger partial charge in [0.2, 0.25) is 0 Å². The molecule has 0 saturated carbocycles. The molecule has 0 amide bonds. The van der Waals surface area contributed by atoms with Crippen molar-refractivity contribution in [2.24, 2.45) is 0 Å². The minimum Gasteiger partial charge on any atom is -0.497 e. The van der Waals surface area contributed by atoms with E-state index in [0.29, 0.717) is 6.04 Å². The molecule has 2 aromatic rings. The zero-order valence-corrected chi connectivity index (χ0v) is 17.3. The number of piperazine rings is 1. The summed E-state index contributed by atoms with van der Waals surface area (Å²) < 4.78 is 10.8. The minimum absolute atomic E-state index is 0.217. The van der Waals surface area contributed by atoms with Crippen LogP contribution in [0.15, 0.2) is 30.3 Å². The van der Waals surface area contributed by atoms with Crippen molar-refractivity contribution in [1.29, 1.82) is 0 Å². The summed E-state index contributed by atoms with van der Waals surface area (Å²) in [6, 6.07) is 10.8. The fourth-order valence-electron chi connectivity index (χ4n) is 3.71. The van der Waals surface area contributed by atoms with Crippen LogP contribution >= 0.6 is 11.3 Å². The van der Waals surface area contributed by atoms with Gasteiger partial charge in [-0.1, -0.05) is 0 Å². The van der Waals surface area contributed by atoms with Gasteiger partial charge < -0.3 is 14.6 Å². The van der Waals surface area contributed by atoms with Crippen LogP contribution in [0.2, 0.25) is 0 Å². The zero-order chi connectivity index (χ0) is 19.2. The lowest BCUT2D eigenvalue weighted by atomic mass is 10.1. The molecule has 1 aliphatic heterocycles. The van der Waals surface area contributed by atoms with Crippen LogP contribution in [-0.2, 0) is 13.1 Å². The highest BCUT2D eigenvalue weighted by Crippen LogP contribution is 2.26. The third kappa shape index (κ3) is 5.45. The number of hydrogen-bond donors (Lipinski definition) is 1. The van der Waals surface area contributed by atoms with Crippen LogP contribution in [0.25, 0.3) is 0 Å². The predicted octanol–water partition coefficient (Wildman–Crippen LogP) is 3.14. The fourth-order valence-corrected chi connectivity index (χ4v) is 4.65. The maximum Gasteiger partial charge on any atom is 0.122 e. The monoisotopic (exact) mass is 390 g/mol. The fraction of sp³-hybridized carbons (Fsp3) is 0.524. The molecule has 1 aromatic carbocycles. The summed E-state index contributed by atoms with van der Waals surface area (Å²) in [4.78, 5) is 7.76. The van der Waals surface area contributed by atoms with Crippen molar-refractivity contribution < 1.29 is 14.6 Å². The smallest absolute Gasteiger partial charge is 0.122 e. The Morgan fingerprint density at radius 2 is 1.81 bits per heavy atom. The molecule has 27 heavy (non-hydrogen) atoms. The summed E-state index contributed by atoms with van der Waals surface area (Å²) in [6.07, 6.45) is 0.793. The van der Waals surface area contributed by atoms with Crippen LogP contribution in [0.4, 0.5) is 0 Å². The molecule has 0 aliphatic carbocycles. The average molecular weight is 391 g/mol. The van der Waals surface area contributed by atoms with Gasteiger partial charge in [0.15, 0.2) is 0 Å². The van der Waals surface area contributed by atoms with Gasteiger partial charge in [0.05, 0.1) is 14.2 Å². The summed E-state index contributed by atoms with van der Waals surface area (Å²) in [6.45, 7) is 7.23. The number of ether oxygens (including phenoxy) is 2. The second-order valence-corrected chi connectivity index (χ2v) is 8.48. The average Bonchev–Trinajstić information content (AvgIpc) is 3.08. The van der Waals surface area contributed by atoms with Crippen LogP contribution in [0, 0.1) is 6.92 Å². The van der Waals surface area contributed by atoms with Crippen molar-refractivity contribution in [3.63, 3.8) is 0 Å². The normalized spacial score (nSPS) is 18.6. The molecule has 5 nitrogen and oxygen atoms in total. The molecule has 2 heterocycles. The Labute approximate surface area is 166 Å². The number of nitrogens with zero attached hydrogens (tertiary/aromatic N) is 2. The lowest BCUT2D eigenvalue weighted by Crippen LogP contribution is -2.52. The molecule has 1 atom stereocenters. The molecule has 148 valence electrons. The molecular formula is C21H30N2O3S. The Hall–Kier alpha value is -1.60. The summed E-state index contributed by atoms with van der Waals surface area (Å²) >= 11 is 1.88. The van der Waals surface area contributed by atoms with Crippen molar-refractivity contribution in [3.05, 3.63) is 45.6 Å². The predicted molar refractivity (Wildman–Crippen MR) is 110 cm³/mol. The van der Waals surface area contributed by atoms with Crippen LogP contribution < -0.4 is 9.47 Å². The van der Waals surface area contributed by atoms with E-state index in [-0.39, 0.29) is 6.61 Å². The van der Waals surface area contributed by atoms with E-state index in [1.54, 1.807) is 14.2 Å². The molecular weight excluding hydrogens is 360 g/mol. The van der Waals surface area contributed by atoms with E-state index < -0.39 is 0 Å². The van der Waals surface area contributed by atoms with Gasteiger partial charge in [0.25, 0.3) is 0 Å². The van der Waals surface area contributed by atoms with E-state index in [4.69, 9.17) is 9.47 Å². The van der Waals surface area contributed by atoms with Gasteiger partial charge in [-0.25, -0.2) is 0 Å². The van der Waals surface area contributed by atoms with E-state index in [0.717, 1.165) is 50.6 Å². The van der Waals surface area contributed by atoms with Gasteiger partial charge in [-0.05, 0) is 43.2 Å². The third-order valence-corrected chi connectivity index (χ3v) is 6.11. The quantitative estimate of drug-likeness (QED) is 0.750.